The average molecular weight is 335 g/mol. The van der Waals surface area contributed by atoms with Crippen molar-refractivity contribution in [1.82, 2.24) is 0 Å². The molecule has 0 aliphatic heterocycles. The average Bonchev–Trinajstić information content (AvgIpc) is 2.27. The Labute approximate surface area is 116 Å². The second kappa shape index (κ2) is 3.16. The number of allylic oxidation sites excluding steroid dienone is 2. The number of alkyl halides is 5. The molecule has 0 radical (unpaired) electrons. The highest BCUT2D eigenvalue weighted by Crippen LogP contribution is 2.73. The molecule has 2 bridgehead atoms. The minimum atomic E-state index is -1.48. The number of halogens is 7. The molecule has 0 heterocycles. The van der Waals surface area contributed by atoms with Crippen LogP contribution in [0.3, 0.4) is 0 Å². The molecular formula is C7H3Cl7. The summed E-state index contributed by atoms with van der Waals surface area (Å²) >= 11 is 42.6. The molecule has 0 aromatic heterocycles. The molecule has 7 heteroatoms. The van der Waals surface area contributed by atoms with Gasteiger partial charge in [-0.1, -0.05) is 46.4 Å². The van der Waals surface area contributed by atoms with E-state index in [0.29, 0.717) is 6.42 Å². The first kappa shape index (κ1) is 12.2. The molecule has 0 saturated heterocycles. The van der Waals surface area contributed by atoms with Crippen molar-refractivity contribution in [3.8, 4) is 0 Å². The van der Waals surface area contributed by atoms with Crippen LogP contribution in [-0.2, 0) is 0 Å². The van der Waals surface area contributed by atoms with Crippen LogP contribution < -0.4 is 0 Å². The Morgan fingerprint density at radius 2 is 1.50 bits per heavy atom. The van der Waals surface area contributed by atoms with Crippen LogP contribution in [0.5, 0.6) is 0 Å². The number of fused-ring (bicyclic) bond motifs is 2. The first-order valence-corrected chi connectivity index (χ1v) is 6.36. The Morgan fingerprint density at radius 1 is 1.00 bits per heavy atom. The van der Waals surface area contributed by atoms with Crippen LogP contribution in [0.25, 0.3) is 0 Å². The topological polar surface area (TPSA) is 0 Å². The van der Waals surface area contributed by atoms with Gasteiger partial charge in [0.2, 0.25) is 0 Å². The van der Waals surface area contributed by atoms with Crippen molar-refractivity contribution in [2.45, 2.75) is 25.9 Å². The fourth-order valence-corrected chi connectivity index (χ4v) is 5.26. The van der Waals surface area contributed by atoms with Gasteiger partial charge in [0.1, 0.15) is 9.75 Å². The van der Waals surface area contributed by atoms with Gasteiger partial charge >= 0.3 is 0 Å². The Hall–Kier alpha value is 1.77. The molecule has 3 unspecified atom stereocenters. The van der Waals surface area contributed by atoms with Crippen molar-refractivity contribution in [2.24, 2.45) is 0 Å². The Kier molecular flexibility index (Phi) is 2.76. The zero-order chi connectivity index (χ0) is 10.9. The SMILES string of the molecule is ClC1=C(Cl)C2(Cl)C(Cl)CC1(Cl)C2(Cl)Cl. The zero-order valence-electron chi connectivity index (χ0n) is 6.43. The lowest BCUT2D eigenvalue weighted by atomic mass is 10.1. The van der Waals surface area contributed by atoms with Gasteiger partial charge in [-0.25, -0.2) is 0 Å². The summed E-state index contributed by atoms with van der Waals surface area (Å²) in [6.07, 6.45) is 0.293. The summed E-state index contributed by atoms with van der Waals surface area (Å²) in [6.45, 7) is 0. The number of hydrogen-bond acceptors (Lipinski definition) is 0. The molecule has 0 amide bonds. The summed E-state index contributed by atoms with van der Waals surface area (Å²) in [5.74, 6) is 0. The molecule has 0 spiro atoms. The van der Waals surface area contributed by atoms with Gasteiger partial charge in [-0.15, -0.1) is 34.8 Å². The van der Waals surface area contributed by atoms with Gasteiger partial charge in [0, 0.05) is 0 Å². The third-order valence-electron chi connectivity index (χ3n) is 2.71. The lowest BCUT2D eigenvalue weighted by Crippen LogP contribution is -2.44. The lowest BCUT2D eigenvalue weighted by Gasteiger charge is -2.31. The standard InChI is InChI=1S/C7H3Cl7/c8-2-1-5(11)3(9)4(10)6(2,12)7(5,13)14/h2H,1H2. The fourth-order valence-electron chi connectivity index (χ4n) is 1.84. The van der Waals surface area contributed by atoms with E-state index in [4.69, 9.17) is 81.2 Å². The van der Waals surface area contributed by atoms with Gasteiger partial charge < -0.3 is 0 Å². The highest BCUT2D eigenvalue weighted by atomic mass is 35.5. The van der Waals surface area contributed by atoms with E-state index in [1.807, 2.05) is 0 Å². The third-order valence-corrected chi connectivity index (χ3v) is 7.58. The minimum Gasteiger partial charge on any atom is -0.120 e. The normalized spacial score (nSPS) is 50.4. The van der Waals surface area contributed by atoms with Crippen molar-refractivity contribution in [3.63, 3.8) is 0 Å². The molecule has 1 saturated carbocycles. The molecule has 14 heavy (non-hydrogen) atoms. The monoisotopic (exact) mass is 332 g/mol. The van der Waals surface area contributed by atoms with E-state index < -0.39 is 19.5 Å². The van der Waals surface area contributed by atoms with E-state index >= 15 is 0 Å². The van der Waals surface area contributed by atoms with E-state index in [2.05, 4.69) is 0 Å². The summed E-state index contributed by atoms with van der Waals surface area (Å²) in [6, 6.07) is 0. The van der Waals surface area contributed by atoms with Crippen molar-refractivity contribution in [3.05, 3.63) is 10.1 Å². The maximum Gasteiger partial charge on any atom is 0.167 e. The predicted molar refractivity (Wildman–Crippen MR) is 64.6 cm³/mol. The Morgan fingerprint density at radius 3 is 1.79 bits per heavy atom. The van der Waals surface area contributed by atoms with Gasteiger partial charge in [-0.2, -0.15) is 0 Å². The molecule has 0 aromatic rings. The molecule has 0 aromatic carbocycles. The molecule has 2 rings (SSSR count). The molecule has 0 N–H and O–H groups in total. The van der Waals surface area contributed by atoms with Crippen LogP contribution >= 0.6 is 81.2 Å². The number of hydrogen-bond donors (Lipinski definition) is 0. The quantitative estimate of drug-likeness (QED) is 0.556. The molecule has 2 aliphatic carbocycles. The van der Waals surface area contributed by atoms with Crippen molar-refractivity contribution in [2.75, 3.05) is 0 Å². The first-order chi connectivity index (χ1) is 6.19. The van der Waals surface area contributed by atoms with E-state index in [0.717, 1.165) is 0 Å². The smallest absolute Gasteiger partial charge is 0.120 e. The molecular weight excluding hydrogens is 332 g/mol. The van der Waals surface area contributed by atoms with Gasteiger partial charge in [0.05, 0.1) is 15.4 Å². The second-order valence-corrected chi connectivity index (χ2v) is 7.24. The van der Waals surface area contributed by atoms with Crippen LogP contribution in [0.15, 0.2) is 10.1 Å². The summed E-state index contributed by atoms with van der Waals surface area (Å²) in [5.41, 5.74) is 0. The summed E-state index contributed by atoms with van der Waals surface area (Å²) < 4.78 is -1.48. The molecule has 0 nitrogen and oxygen atoms in total. The van der Waals surface area contributed by atoms with Gasteiger partial charge in [0.25, 0.3) is 0 Å². The maximum absolute atomic E-state index is 6.22. The highest BCUT2D eigenvalue weighted by molar-refractivity contribution is 6.66. The third kappa shape index (κ3) is 1.03. The van der Waals surface area contributed by atoms with Crippen molar-refractivity contribution >= 4 is 81.2 Å². The van der Waals surface area contributed by atoms with Crippen LogP contribution in [0.1, 0.15) is 6.42 Å². The van der Waals surface area contributed by atoms with Crippen molar-refractivity contribution in [1.29, 1.82) is 0 Å². The van der Waals surface area contributed by atoms with E-state index in [-0.39, 0.29) is 10.1 Å². The van der Waals surface area contributed by atoms with Crippen LogP contribution in [-0.4, -0.2) is 19.5 Å². The Bertz CT molecular complexity index is 335. The van der Waals surface area contributed by atoms with Crippen LogP contribution in [0, 0.1) is 0 Å². The van der Waals surface area contributed by atoms with Crippen molar-refractivity contribution < 1.29 is 0 Å². The lowest BCUT2D eigenvalue weighted by molar-refractivity contribution is 0.684. The molecule has 80 valence electrons. The molecule has 1 fully saturated rings. The highest BCUT2D eigenvalue weighted by Gasteiger charge is 2.78. The molecule has 3 atom stereocenters. The van der Waals surface area contributed by atoms with Gasteiger partial charge in [-0.3, -0.25) is 0 Å². The fraction of sp³-hybridized carbons (Fsp3) is 0.714. The van der Waals surface area contributed by atoms with E-state index in [1.54, 1.807) is 0 Å². The van der Waals surface area contributed by atoms with E-state index in [9.17, 15) is 0 Å². The second-order valence-electron chi connectivity index (χ2n) is 3.39. The minimum absolute atomic E-state index is 0.145. The largest absolute Gasteiger partial charge is 0.167 e. The van der Waals surface area contributed by atoms with E-state index in [1.165, 1.54) is 0 Å². The first-order valence-electron chi connectivity index (χ1n) is 3.65. The van der Waals surface area contributed by atoms with Gasteiger partial charge in [-0.05, 0) is 6.42 Å². The van der Waals surface area contributed by atoms with Gasteiger partial charge in [0.15, 0.2) is 4.33 Å². The predicted octanol–water partition coefficient (Wildman–Crippen LogP) is 4.83. The maximum atomic E-state index is 6.22. The zero-order valence-corrected chi connectivity index (χ0v) is 11.7. The summed E-state index contributed by atoms with van der Waals surface area (Å²) in [4.78, 5) is -2.47. The molecule has 2 aliphatic rings. The van der Waals surface area contributed by atoms with Crippen LogP contribution in [0.2, 0.25) is 0 Å². The summed E-state index contributed by atoms with van der Waals surface area (Å²) in [7, 11) is 0. The Balaban J connectivity index is 2.70. The summed E-state index contributed by atoms with van der Waals surface area (Å²) in [5, 5.41) is -0.198. The number of rotatable bonds is 0. The van der Waals surface area contributed by atoms with Crippen LogP contribution in [0.4, 0.5) is 0 Å².